The standard InChI is InChI=1S/C13H26/c1-5-7-12-10(3)9-11(4)13(12)8-6-2/h10-13H,5-9H2,1-4H3. The van der Waals surface area contributed by atoms with Crippen molar-refractivity contribution >= 4 is 0 Å². The van der Waals surface area contributed by atoms with Crippen molar-refractivity contribution in [3.05, 3.63) is 0 Å². The van der Waals surface area contributed by atoms with Crippen molar-refractivity contribution < 1.29 is 0 Å². The van der Waals surface area contributed by atoms with Crippen LogP contribution < -0.4 is 0 Å². The Morgan fingerprint density at radius 3 is 1.54 bits per heavy atom. The highest BCUT2D eigenvalue weighted by atomic mass is 14.4. The predicted octanol–water partition coefficient (Wildman–Crippen LogP) is 4.49. The molecular weight excluding hydrogens is 156 g/mol. The largest absolute Gasteiger partial charge is 0.0654 e. The molecule has 0 N–H and O–H groups in total. The lowest BCUT2D eigenvalue weighted by Crippen LogP contribution is -2.15. The lowest BCUT2D eigenvalue weighted by Gasteiger charge is -2.23. The summed E-state index contributed by atoms with van der Waals surface area (Å²) >= 11 is 0. The third-order valence-electron chi connectivity index (χ3n) is 4.00. The topological polar surface area (TPSA) is 0 Å². The van der Waals surface area contributed by atoms with E-state index in [1.54, 1.807) is 0 Å². The molecule has 0 radical (unpaired) electrons. The highest BCUT2D eigenvalue weighted by Gasteiger charge is 2.36. The van der Waals surface area contributed by atoms with Gasteiger partial charge in [-0.1, -0.05) is 53.4 Å². The Morgan fingerprint density at radius 2 is 1.23 bits per heavy atom. The number of hydrogen-bond acceptors (Lipinski definition) is 0. The van der Waals surface area contributed by atoms with Crippen LogP contribution in [-0.2, 0) is 0 Å². The van der Waals surface area contributed by atoms with Gasteiger partial charge in [0.25, 0.3) is 0 Å². The van der Waals surface area contributed by atoms with E-state index < -0.39 is 0 Å². The van der Waals surface area contributed by atoms with Gasteiger partial charge in [-0.2, -0.15) is 0 Å². The molecule has 1 aliphatic rings. The molecule has 0 aromatic rings. The average molecular weight is 182 g/mol. The fourth-order valence-corrected chi connectivity index (χ4v) is 3.44. The maximum atomic E-state index is 2.46. The molecule has 0 spiro atoms. The first-order valence-corrected chi connectivity index (χ1v) is 6.20. The minimum Gasteiger partial charge on any atom is -0.0654 e. The molecule has 1 aliphatic carbocycles. The second-order valence-corrected chi connectivity index (χ2v) is 5.10. The van der Waals surface area contributed by atoms with Gasteiger partial charge in [0.1, 0.15) is 0 Å². The molecule has 4 unspecified atom stereocenters. The molecule has 0 aromatic carbocycles. The van der Waals surface area contributed by atoms with Gasteiger partial charge >= 0.3 is 0 Å². The van der Waals surface area contributed by atoms with Crippen LogP contribution in [0.15, 0.2) is 0 Å². The van der Waals surface area contributed by atoms with Crippen LogP contribution in [0.4, 0.5) is 0 Å². The summed E-state index contributed by atoms with van der Waals surface area (Å²) < 4.78 is 0. The molecular formula is C13H26. The molecule has 1 fully saturated rings. The first kappa shape index (κ1) is 11.1. The molecule has 78 valence electrons. The van der Waals surface area contributed by atoms with Gasteiger partial charge in [-0.3, -0.25) is 0 Å². The molecule has 0 aromatic heterocycles. The molecule has 0 heteroatoms. The summed E-state index contributed by atoms with van der Waals surface area (Å²) in [5.41, 5.74) is 0. The minimum atomic E-state index is 0.992. The zero-order valence-electron chi connectivity index (χ0n) is 9.84. The number of hydrogen-bond donors (Lipinski definition) is 0. The molecule has 0 heterocycles. The molecule has 0 saturated heterocycles. The van der Waals surface area contributed by atoms with Gasteiger partial charge in [-0.15, -0.1) is 0 Å². The molecule has 13 heavy (non-hydrogen) atoms. The van der Waals surface area contributed by atoms with Gasteiger partial charge in [0, 0.05) is 0 Å². The minimum absolute atomic E-state index is 0.992. The molecule has 4 atom stereocenters. The second kappa shape index (κ2) is 5.02. The Bertz CT molecular complexity index is 123. The van der Waals surface area contributed by atoms with Gasteiger partial charge < -0.3 is 0 Å². The monoisotopic (exact) mass is 182 g/mol. The van der Waals surface area contributed by atoms with E-state index in [2.05, 4.69) is 27.7 Å². The van der Waals surface area contributed by atoms with E-state index in [9.17, 15) is 0 Å². The summed E-state index contributed by atoms with van der Waals surface area (Å²) in [7, 11) is 0. The van der Waals surface area contributed by atoms with E-state index in [1.807, 2.05) is 0 Å². The Labute approximate surface area is 84.1 Å². The van der Waals surface area contributed by atoms with Crippen LogP contribution in [0, 0.1) is 23.7 Å². The normalized spacial score (nSPS) is 39.7. The Morgan fingerprint density at radius 1 is 0.846 bits per heavy atom. The van der Waals surface area contributed by atoms with Crippen molar-refractivity contribution in [2.45, 2.75) is 59.8 Å². The van der Waals surface area contributed by atoms with Crippen LogP contribution in [0.1, 0.15) is 59.8 Å². The summed E-state index contributed by atoms with van der Waals surface area (Å²) in [5, 5.41) is 0. The van der Waals surface area contributed by atoms with Gasteiger partial charge in [-0.25, -0.2) is 0 Å². The van der Waals surface area contributed by atoms with Crippen molar-refractivity contribution in [2.24, 2.45) is 23.7 Å². The fourth-order valence-electron chi connectivity index (χ4n) is 3.44. The van der Waals surface area contributed by atoms with Gasteiger partial charge in [0.15, 0.2) is 0 Å². The molecule has 0 nitrogen and oxygen atoms in total. The summed E-state index contributed by atoms with van der Waals surface area (Å²) in [4.78, 5) is 0. The quantitative estimate of drug-likeness (QED) is 0.600. The van der Waals surface area contributed by atoms with Crippen LogP contribution in [-0.4, -0.2) is 0 Å². The number of rotatable bonds is 4. The Balaban J connectivity index is 2.54. The van der Waals surface area contributed by atoms with E-state index in [-0.39, 0.29) is 0 Å². The van der Waals surface area contributed by atoms with Crippen LogP contribution in [0.25, 0.3) is 0 Å². The molecule has 0 aliphatic heterocycles. The average Bonchev–Trinajstić information content (AvgIpc) is 2.33. The van der Waals surface area contributed by atoms with E-state index in [0.29, 0.717) is 0 Å². The van der Waals surface area contributed by atoms with Crippen molar-refractivity contribution in [2.75, 3.05) is 0 Å². The van der Waals surface area contributed by atoms with E-state index in [0.717, 1.165) is 23.7 Å². The Kier molecular flexibility index (Phi) is 4.28. The van der Waals surface area contributed by atoms with Gasteiger partial charge in [0.05, 0.1) is 0 Å². The summed E-state index contributed by atoms with van der Waals surface area (Å²) in [6.45, 7) is 9.59. The molecule has 1 rings (SSSR count). The summed E-state index contributed by atoms with van der Waals surface area (Å²) in [6, 6.07) is 0. The fraction of sp³-hybridized carbons (Fsp3) is 1.00. The predicted molar refractivity (Wildman–Crippen MR) is 59.7 cm³/mol. The first-order valence-electron chi connectivity index (χ1n) is 6.20. The van der Waals surface area contributed by atoms with E-state index in [4.69, 9.17) is 0 Å². The highest BCUT2D eigenvalue weighted by molar-refractivity contribution is 4.86. The van der Waals surface area contributed by atoms with Gasteiger partial charge in [-0.05, 0) is 30.1 Å². The van der Waals surface area contributed by atoms with Crippen molar-refractivity contribution in [1.29, 1.82) is 0 Å². The van der Waals surface area contributed by atoms with Crippen LogP contribution in [0.3, 0.4) is 0 Å². The highest BCUT2D eigenvalue weighted by Crippen LogP contribution is 2.45. The third kappa shape index (κ3) is 2.48. The van der Waals surface area contributed by atoms with Crippen molar-refractivity contribution in [1.82, 2.24) is 0 Å². The smallest absolute Gasteiger partial charge is 0.0358 e. The van der Waals surface area contributed by atoms with E-state index in [1.165, 1.54) is 32.1 Å². The zero-order valence-corrected chi connectivity index (χ0v) is 9.84. The van der Waals surface area contributed by atoms with Crippen LogP contribution in [0.5, 0.6) is 0 Å². The molecule has 0 bridgehead atoms. The maximum absolute atomic E-state index is 2.46. The first-order chi connectivity index (χ1) is 6.20. The second-order valence-electron chi connectivity index (χ2n) is 5.10. The SMILES string of the molecule is CCCC1C(C)CC(C)C1CCC. The Hall–Kier alpha value is 0. The maximum Gasteiger partial charge on any atom is -0.0358 e. The summed E-state index contributed by atoms with van der Waals surface area (Å²) in [6.07, 6.45) is 7.17. The summed E-state index contributed by atoms with van der Waals surface area (Å²) in [5.74, 6) is 4.07. The van der Waals surface area contributed by atoms with Crippen molar-refractivity contribution in [3.63, 3.8) is 0 Å². The third-order valence-corrected chi connectivity index (χ3v) is 4.00. The van der Waals surface area contributed by atoms with Crippen molar-refractivity contribution in [3.8, 4) is 0 Å². The molecule has 1 saturated carbocycles. The van der Waals surface area contributed by atoms with Crippen LogP contribution in [0.2, 0.25) is 0 Å². The van der Waals surface area contributed by atoms with E-state index >= 15 is 0 Å². The van der Waals surface area contributed by atoms with Gasteiger partial charge in [0.2, 0.25) is 0 Å². The zero-order chi connectivity index (χ0) is 9.84. The lowest BCUT2D eigenvalue weighted by atomic mass is 9.82. The lowest BCUT2D eigenvalue weighted by molar-refractivity contribution is 0.262. The van der Waals surface area contributed by atoms with Crippen LogP contribution >= 0.6 is 0 Å². The molecule has 0 amide bonds.